The van der Waals surface area contributed by atoms with Gasteiger partial charge in [0, 0.05) is 44.8 Å². The summed E-state index contributed by atoms with van der Waals surface area (Å²) in [5.41, 5.74) is 0.471. The molecule has 0 spiro atoms. The number of guanidine groups is 1. The maximum absolute atomic E-state index is 13.8. The zero-order valence-electron chi connectivity index (χ0n) is 15.6. The van der Waals surface area contributed by atoms with E-state index in [9.17, 15) is 8.78 Å². The first-order valence-electron chi connectivity index (χ1n) is 9.26. The number of rotatable bonds is 9. The Morgan fingerprint density at radius 3 is 2.92 bits per heavy atom. The van der Waals surface area contributed by atoms with Crippen LogP contribution in [0.5, 0.6) is 0 Å². The highest BCUT2D eigenvalue weighted by atomic mass is 19.1. The molecular weight excluding hydrogens is 340 g/mol. The van der Waals surface area contributed by atoms with Gasteiger partial charge in [-0.05, 0) is 31.4 Å². The highest BCUT2D eigenvalue weighted by Gasteiger charge is 2.15. The molecule has 2 N–H and O–H groups in total. The Hall–Kier alpha value is -1.73. The Labute approximate surface area is 154 Å². The summed E-state index contributed by atoms with van der Waals surface area (Å²) in [6.45, 7) is 7.90. The van der Waals surface area contributed by atoms with Crippen LogP contribution in [0.2, 0.25) is 0 Å². The fourth-order valence-electron chi connectivity index (χ4n) is 2.74. The molecule has 0 radical (unpaired) electrons. The minimum atomic E-state index is -0.566. The van der Waals surface area contributed by atoms with Gasteiger partial charge in [0.05, 0.1) is 12.7 Å². The highest BCUT2D eigenvalue weighted by molar-refractivity contribution is 5.79. The number of hydrogen-bond acceptors (Lipinski definition) is 3. The van der Waals surface area contributed by atoms with Crippen LogP contribution in [0, 0.1) is 11.6 Å². The molecule has 1 aliphatic rings. The second-order valence-corrected chi connectivity index (χ2v) is 6.42. The fraction of sp³-hybridized carbons (Fsp3) is 0.632. The molecule has 0 aromatic heterocycles. The zero-order valence-corrected chi connectivity index (χ0v) is 15.6. The third-order valence-corrected chi connectivity index (χ3v) is 4.22. The van der Waals surface area contributed by atoms with Crippen LogP contribution in [0.4, 0.5) is 8.78 Å². The van der Waals surface area contributed by atoms with Crippen LogP contribution < -0.4 is 10.6 Å². The molecule has 0 saturated carbocycles. The quantitative estimate of drug-likeness (QED) is 0.399. The summed E-state index contributed by atoms with van der Waals surface area (Å²) in [5.74, 6) is -0.551. The summed E-state index contributed by atoms with van der Waals surface area (Å²) < 4.78 is 37.9. The number of aliphatic imine (C=N–C) groups is 1. The third kappa shape index (κ3) is 6.88. The van der Waals surface area contributed by atoms with E-state index in [1.807, 2.05) is 13.8 Å². The van der Waals surface area contributed by atoms with E-state index in [1.165, 1.54) is 12.1 Å². The summed E-state index contributed by atoms with van der Waals surface area (Å²) in [6, 6.07) is 3.67. The lowest BCUT2D eigenvalue weighted by atomic mass is 10.0. The van der Waals surface area contributed by atoms with Crippen LogP contribution in [0.25, 0.3) is 0 Å². The molecule has 2 rings (SSSR count). The van der Waals surface area contributed by atoms with Crippen molar-refractivity contribution in [2.75, 3.05) is 39.5 Å². The first kappa shape index (κ1) is 20.6. The summed E-state index contributed by atoms with van der Waals surface area (Å²) in [7, 11) is 0. The van der Waals surface area contributed by atoms with Gasteiger partial charge in [-0.15, -0.1) is 0 Å². The molecule has 0 aliphatic carbocycles. The van der Waals surface area contributed by atoms with Crippen LogP contribution in [-0.2, 0) is 9.47 Å². The molecule has 0 amide bonds. The summed E-state index contributed by atoms with van der Waals surface area (Å²) >= 11 is 0. The monoisotopic (exact) mass is 369 g/mol. The van der Waals surface area contributed by atoms with E-state index in [0.717, 1.165) is 38.6 Å². The summed E-state index contributed by atoms with van der Waals surface area (Å²) in [4.78, 5) is 4.50. The van der Waals surface area contributed by atoms with Crippen LogP contribution in [0.1, 0.15) is 38.2 Å². The molecule has 1 fully saturated rings. The van der Waals surface area contributed by atoms with Crippen molar-refractivity contribution in [2.24, 2.45) is 4.99 Å². The predicted octanol–water partition coefficient (Wildman–Crippen LogP) is 2.82. The van der Waals surface area contributed by atoms with Gasteiger partial charge in [-0.2, -0.15) is 0 Å². The van der Waals surface area contributed by atoms with Gasteiger partial charge in [0.15, 0.2) is 5.96 Å². The van der Waals surface area contributed by atoms with Crippen LogP contribution >= 0.6 is 0 Å². The first-order valence-corrected chi connectivity index (χ1v) is 9.26. The smallest absolute Gasteiger partial charge is 0.191 e. The van der Waals surface area contributed by atoms with Crippen molar-refractivity contribution in [3.8, 4) is 0 Å². The van der Waals surface area contributed by atoms with E-state index >= 15 is 0 Å². The molecule has 2 atom stereocenters. The SMILES string of the molecule is CCNC(=NCC(C)c1ccc(F)cc1F)NCCCOC1CCOC1. The minimum absolute atomic E-state index is 0.142. The largest absolute Gasteiger partial charge is 0.379 e. The van der Waals surface area contributed by atoms with Crippen molar-refractivity contribution in [2.45, 2.75) is 38.7 Å². The van der Waals surface area contributed by atoms with Crippen molar-refractivity contribution < 1.29 is 18.3 Å². The van der Waals surface area contributed by atoms with Crippen molar-refractivity contribution in [3.63, 3.8) is 0 Å². The van der Waals surface area contributed by atoms with E-state index in [2.05, 4.69) is 15.6 Å². The lowest BCUT2D eigenvalue weighted by Crippen LogP contribution is -2.38. The van der Waals surface area contributed by atoms with Crippen molar-refractivity contribution in [1.29, 1.82) is 0 Å². The molecule has 1 aliphatic heterocycles. The number of halogens is 2. The normalized spacial score (nSPS) is 18.8. The molecule has 2 unspecified atom stereocenters. The molecule has 1 heterocycles. The van der Waals surface area contributed by atoms with E-state index in [-0.39, 0.29) is 12.0 Å². The molecule has 26 heavy (non-hydrogen) atoms. The van der Waals surface area contributed by atoms with Crippen molar-refractivity contribution in [1.82, 2.24) is 10.6 Å². The van der Waals surface area contributed by atoms with Crippen molar-refractivity contribution >= 4 is 5.96 Å². The zero-order chi connectivity index (χ0) is 18.8. The molecule has 1 aromatic rings. The second kappa shape index (κ2) is 11.1. The standard InChI is InChI=1S/C19H29F2N3O2/c1-3-22-19(23-8-4-9-26-16-7-10-25-13-16)24-12-14(2)17-6-5-15(20)11-18(17)21/h5-6,11,14,16H,3-4,7-10,12-13H2,1-2H3,(H2,22,23,24). The molecule has 0 bridgehead atoms. The Morgan fingerprint density at radius 2 is 2.23 bits per heavy atom. The average Bonchev–Trinajstić information content (AvgIpc) is 3.12. The van der Waals surface area contributed by atoms with Gasteiger partial charge >= 0.3 is 0 Å². The Bertz CT molecular complexity index is 578. The first-order chi connectivity index (χ1) is 12.6. The maximum atomic E-state index is 13.8. The molecule has 1 aromatic carbocycles. The van der Waals surface area contributed by atoms with E-state index < -0.39 is 11.6 Å². The topological polar surface area (TPSA) is 54.9 Å². The van der Waals surface area contributed by atoms with Gasteiger partial charge in [-0.1, -0.05) is 13.0 Å². The summed E-state index contributed by atoms with van der Waals surface area (Å²) in [6.07, 6.45) is 2.06. The second-order valence-electron chi connectivity index (χ2n) is 6.42. The number of ether oxygens (including phenoxy) is 2. The van der Waals surface area contributed by atoms with Gasteiger partial charge in [0.2, 0.25) is 0 Å². The number of hydrogen-bond donors (Lipinski definition) is 2. The lowest BCUT2D eigenvalue weighted by Gasteiger charge is -2.15. The number of nitrogens with one attached hydrogen (secondary N) is 2. The lowest BCUT2D eigenvalue weighted by molar-refractivity contribution is 0.0420. The third-order valence-electron chi connectivity index (χ3n) is 4.22. The molecular formula is C19H29F2N3O2. The summed E-state index contributed by atoms with van der Waals surface area (Å²) in [5, 5.41) is 6.42. The Balaban J connectivity index is 1.75. The van der Waals surface area contributed by atoms with Crippen LogP contribution in [-0.4, -0.2) is 51.5 Å². The molecule has 146 valence electrons. The van der Waals surface area contributed by atoms with Crippen LogP contribution in [0.15, 0.2) is 23.2 Å². The van der Waals surface area contributed by atoms with Gasteiger partial charge in [0.1, 0.15) is 11.6 Å². The predicted molar refractivity (Wildman–Crippen MR) is 98.5 cm³/mol. The highest BCUT2D eigenvalue weighted by Crippen LogP contribution is 2.20. The van der Waals surface area contributed by atoms with E-state index in [4.69, 9.17) is 9.47 Å². The molecule has 7 heteroatoms. The van der Waals surface area contributed by atoms with E-state index in [1.54, 1.807) is 0 Å². The fourth-order valence-corrected chi connectivity index (χ4v) is 2.74. The minimum Gasteiger partial charge on any atom is -0.379 e. The van der Waals surface area contributed by atoms with Gasteiger partial charge < -0.3 is 20.1 Å². The number of nitrogens with zero attached hydrogens (tertiary/aromatic N) is 1. The van der Waals surface area contributed by atoms with Gasteiger partial charge in [-0.3, -0.25) is 4.99 Å². The Kier molecular flexibility index (Phi) is 8.77. The Morgan fingerprint density at radius 1 is 1.38 bits per heavy atom. The van der Waals surface area contributed by atoms with Crippen LogP contribution in [0.3, 0.4) is 0 Å². The van der Waals surface area contributed by atoms with E-state index in [0.29, 0.717) is 31.3 Å². The molecule has 1 saturated heterocycles. The molecule has 5 nitrogen and oxygen atoms in total. The van der Waals surface area contributed by atoms with Gasteiger partial charge in [-0.25, -0.2) is 8.78 Å². The number of benzene rings is 1. The van der Waals surface area contributed by atoms with Gasteiger partial charge in [0.25, 0.3) is 0 Å². The average molecular weight is 369 g/mol. The maximum Gasteiger partial charge on any atom is 0.191 e. The van der Waals surface area contributed by atoms with Crippen molar-refractivity contribution in [3.05, 3.63) is 35.4 Å².